The highest BCUT2D eigenvalue weighted by molar-refractivity contribution is 5.75. The van der Waals surface area contributed by atoms with Gasteiger partial charge in [-0.15, -0.1) is 0 Å². The molecule has 0 aromatic carbocycles. The van der Waals surface area contributed by atoms with Gasteiger partial charge in [0.05, 0.1) is 12.6 Å². The number of hydrogen-bond acceptors (Lipinski definition) is 3. The normalized spacial score (nSPS) is 27.7. The van der Waals surface area contributed by atoms with Crippen LogP contribution in [0.1, 0.15) is 39.0 Å². The van der Waals surface area contributed by atoms with Crippen molar-refractivity contribution in [2.24, 2.45) is 11.8 Å². The molecule has 2 saturated heterocycles. The molecule has 2 amide bonds. The first-order valence-corrected chi connectivity index (χ1v) is 7.91. The van der Waals surface area contributed by atoms with Crippen molar-refractivity contribution in [2.75, 3.05) is 26.2 Å². The van der Waals surface area contributed by atoms with Crippen LogP contribution in [0.5, 0.6) is 0 Å². The largest absolute Gasteiger partial charge is 0.481 e. The van der Waals surface area contributed by atoms with Crippen molar-refractivity contribution >= 4 is 12.0 Å². The van der Waals surface area contributed by atoms with Crippen molar-refractivity contribution in [3.63, 3.8) is 0 Å². The molecule has 6 heteroatoms. The fraction of sp³-hybridized carbons (Fsp3) is 0.867. The van der Waals surface area contributed by atoms with Crippen molar-refractivity contribution in [2.45, 2.75) is 45.1 Å². The van der Waals surface area contributed by atoms with Gasteiger partial charge in [0.2, 0.25) is 0 Å². The van der Waals surface area contributed by atoms with E-state index < -0.39 is 5.97 Å². The van der Waals surface area contributed by atoms with Gasteiger partial charge in [-0.2, -0.15) is 0 Å². The third-order valence-corrected chi connectivity index (χ3v) is 4.86. The van der Waals surface area contributed by atoms with Crippen molar-refractivity contribution < 1.29 is 19.8 Å². The number of carbonyl (C=O) groups is 2. The van der Waals surface area contributed by atoms with E-state index in [0.29, 0.717) is 6.54 Å². The minimum absolute atomic E-state index is 0.0128. The van der Waals surface area contributed by atoms with Crippen LogP contribution in [0.4, 0.5) is 4.79 Å². The summed E-state index contributed by atoms with van der Waals surface area (Å²) >= 11 is 0. The maximum absolute atomic E-state index is 12.6. The standard InChI is InChI=1S/C15H26N2O4/c1-11(8-14(19)20)12-4-2-6-16(9-12)15(21)17-7-3-5-13(17)10-18/h11-13,18H,2-10H2,1H3,(H,19,20). The molecular formula is C15H26N2O4. The maximum atomic E-state index is 12.6. The van der Waals surface area contributed by atoms with Gasteiger partial charge >= 0.3 is 12.0 Å². The Morgan fingerprint density at radius 1 is 1.24 bits per heavy atom. The molecule has 21 heavy (non-hydrogen) atoms. The van der Waals surface area contributed by atoms with Crippen molar-refractivity contribution in [1.82, 2.24) is 9.80 Å². The van der Waals surface area contributed by atoms with Crippen LogP contribution in [-0.4, -0.2) is 64.3 Å². The number of nitrogens with zero attached hydrogens (tertiary/aromatic N) is 2. The van der Waals surface area contributed by atoms with E-state index in [9.17, 15) is 14.7 Å². The fourth-order valence-corrected chi connectivity index (χ4v) is 3.55. The first-order chi connectivity index (χ1) is 10.0. The number of urea groups is 1. The lowest BCUT2D eigenvalue weighted by Crippen LogP contribution is -2.50. The second kappa shape index (κ2) is 7.11. The van der Waals surface area contributed by atoms with Crippen molar-refractivity contribution in [1.29, 1.82) is 0 Å². The highest BCUT2D eigenvalue weighted by Gasteiger charge is 2.34. The van der Waals surface area contributed by atoms with Crippen molar-refractivity contribution in [3.8, 4) is 0 Å². The van der Waals surface area contributed by atoms with E-state index in [1.165, 1.54) is 0 Å². The predicted octanol–water partition coefficient (Wildman–Crippen LogP) is 1.39. The van der Waals surface area contributed by atoms with Gasteiger partial charge in [0.15, 0.2) is 0 Å². The molecule has 3 unspecified atom stereocenters. The summed E-state index contributed by atoms with van der Waals surface area (Å²) in [5, 5.41) is 18.3. The molecular weight excluding hydrogens is 272 g/mol. The summed E-state index contributed by atoms with van der Waals surface area (Å²) in [5.41, 5.74) is 0. The number of aliphatic carboxylic acids is 1. The van der Waals surface area contributed by atoms with Crippen LogP contribution < -0.4 is 0 Å². The lowest BCUT2D eigenvalue weighted by atomic mass is 9.85. The zero-order valence-corrected chi connectivity index (χ0v) is 12.7. The molecule has 2 fully saturated rings. The van der Waals surface area contributed by atoms with Crippen LogP contribution in [0, 0.1) is 11.8 Å². The minimum Gasteiger partial charge on any atom is -0.481 e. The summed E-state index contributed by atoms with van der Waals surface area (Å²) in [5.74, 6) is -0.426. The van der Waals surface area contributed by atoms with Gasteiger partial charge in [0.1, 0.15) is 0 Å². The summed E-state index contributed by atoms with van der Waals surface area (Å²) < 4.78 is 0. The first kappa shape index (κ1) is 16.1. The Labute approximate surface area is 125 Å². The van der Waals surface area contributed by atoms with E-state index >= 15 is 0 Å². The van der Waals surface area contributed by atoms with Crippen LogP contribution in [0.2, 0.25) is 0 Å². The number of carbonyl (C=O) groups excluding carboxylic acids is 1. The molecule has 0 spiro atoms. The Kier molecular flexibility index (Phi) is 5.45. The molecule has 0 radical (unpaired) electrons. The van der Waals surface area contributed by atoms with Gasteiger partial charge in [-0.25, -0.2) is 4.79 Å². The SMILES string of the molecule is CC(CC(=O)O)C1CCCN(C(=O)N2CCCC2CO)C1. The van der Waals surface area contributed by atoms with Crippen LogP contribution >= 0.6 is 0 Å². The second-order valence-corrected chi connectivity index (χ2v) is 6.38. The predicted molar refractivity (Wildman–Crippen MR) is 77.9 cm³/mol. The van der Waals surface area contributed by atoms with Crippen molar-refractivity contribution in [3.05, 3.63) is 0 Å². The van der Waals surface area contributed by atoms with E-state index in [1.807, 2.05) is 11.8 Å². The van der Waals surface area contributed by atoms with Crippen LogP contribution in [0.25, 0.3) is 0 Å². The van der Waals surface area contributed by atoms with Crippen LogP contribution in [0.15, 0.2) is 0 Å². The number of aliphatic hydroxyl groups is 1. The highest BCUT2D eigenvalue weighted by atomic mass is 16.4. The molecule has 0 aromatic rings. The van der Waals surface area contributed by atoms with E-state index in [0.717, 1.165) is 38.8 Å². The van der Waals surface area contributed by atoms with Crippen LogP contribution in [-0.2, 0) is 4.79 Å². The quantitative estimate of drug-likeness (QED) is 0.821. The third kappa shape index (κ3) is 3.87. The number of amides is 2. The van der Waals surface area contributed by atoms with E-state index in [1.54, 1.807) is 4.90 Å². The van der Waals surface area contributed by atoms with Crippen LogP contribution in [0.3, 0.4) is 0 Å². The lowest BCUT2D eigenvalue weighted by molar-refractivity contribution is -0.138. The lowest BCUT2D eigenvalue weighted by Gasteiger charge is -2.38. The molecule has 2 N–H and O–H groups in total. The van der Waals surface area contributed by atoms with E-state index in [-0.39, 0.29) is 36.9 Å². The van der Waals surface area contributed by atoms with Gasteiger partial charge in [0, 0.05) is 26.1 Å². The Bertz CT molecular complexity index is 388. The average Bonchev–Trinajstić information content (AvgIpc) is 2.94. The number of aliphatic hydroxyl groups excluding tert-OH is 1. The number of rotatable bonds is 4. The molecule has 6 nitrogen and oxygen atoms in total. The van der Waals surface area contributed by atoms with Gasteiger partial charge in [-0.1, -0.05) is 6.92 Å². The number of carboxylic acids is 1. The minimum atomic E-state index is -0.772. The summed E-state index contributed by atoms with van der Waals surface area (Å²) in [6.07, 6.45) is 3.90. The molecule has 0 aromatic heterocycles. The van der Waals surface area contributed by atoms with Gasteiger partial charge < -0.3 is 20.0 Å². The molecule has 2 heterocycles. The Hall–Kier alpha value is -1.30. The fourth-order valence-electron chi connectivity index (χ4n) is 3.55. The maximum Gasteiger partial charge on any atom is 0.320 e. The number of likely N-dealkylation sites (tertiary alicyclic amines) is 2. The van der Waals surface area contributed by atoms with E-state index in [2.05, 4.69) is 0 Å². The first-order valence-electron chi connectivity index (χ1n) is 7.91. The smallest absolute Gasteiger partial charge is 0.320 e. The summed E-state index contributed by atoms with van der Waals surface area (Å²) in [6, 6.07) is -0.0342. The zero-order chi connectivity index (χ0) is 15.4. The molecule has 3 atom stereocenters. The molecule has 0 bridgehead atoms. The number of hydrogen-bond donors (Lipinski definition) is 2. The Balaban J connectivity index is 1.94. The summed E-state index contributed by atoms with van der Waals surface area (Å²) in [6.45, 7) is 4.08. The summed E-state index contributed by atoms with van der Waals surface area (Å²) in [4.78, 5) is 27.1. The molecule has 2 rings (SSSR count). The Morgan fingerprint density at radius 3 is 2.62 bits per heavy atom. The average molecular weight is 298 g/mol. The summed E-state index contributed by atoms with van der Waals surface area (Å²) in [7, 11) is 0. The monoisotopic (exact) mass is 298 g/mol. The second-order valence-electron chi connectivity index (χ2n) is 6.38. The number of carboxylic acid groups (broad SMARTS) is 1. The van der Waals surface area contributed by atoms with E-state index in [4.69, 9.17) is 5.11 Å². The number of piperidine rings is 1. The molecule has 2 aliphatic heterocycles. The van der Waals surface area contributed by atoms with Gasteiger partial charge in [0.25, 0.3) is 0 Å². The van der Waals surface area contributed by atoms with Gasteiger partial charge in [-0.3, -0.25) is 4.79 Å². The molecule has 120 valence electrons. The molecule has 2 aliphatic rings. The Morgan fingerprint density at radius 2 is 1.95 bits per heavy atom. The highest BCUT2D eigenvalue weighted by Crippen LogP contribution is 2.28. The topological polar surface area (TPSA) is 81.1 Å². The van der Waals surface area contributed by atoms with Gasteiger partial charge in [-0.05, 0) is 37.5 Å². The molecule has 0 saturated carbocycles. The molecule has 0 aliphatic carbocycles. The third-order valence-electron chi connectivity index (χ3n) is 4.86. The zero-order valence-electron chi connectivity index (χ0n) is 12.7.